The molecule has 0 saturated heterocycles. The standard InChI is InChI=1S/C21H18F2N5OS2/c1-27-6-7-31(13-27)15-3-5-18-19(9-15)30-20(26-18)21(29,10-28-12-24-11-25-28)16-4-2-14(22)8-17(16)23/h2-9,11-12,29H,10,13H2,1H3/q+1. The Kier molecular flexibility index (Phi) is 4.99. The quantitative estimate of drug-likeness (QED) is 0.464. The van der Waals surface area contributed by atoms with Crippen LogP contribution in [0, 0.1) is 11.6 Å². The summed E-state index contributed by atoms with van der Waals surface area (Å²) in [6.45, 7) is -0.111. The van der Waals surface area contributed by atoms with Crippen LogP contribution in [-0.2, 0) is 23.0 Å². The van der Waals surface area contributed by atoms with Crippen molar-refractivity contribution < 1.29 is 13.9 Å². The number of aliphatic hydroxyl groups is 1. The molecule has 10 heteroatoms. The lowest BCUT2D eigenvalue weighted by Gasteiger charge is -2.26. The number of benzene rings is 2. The molecule has 0 spiro atoms. The summed E-state index contributed by atoms with van der Waals surface area (Å²) in [5.41, 5.74) is -1.19. The fourth-order valence-electron chi connectivity index (χ4n) is 3.52. The van der Waals surface area contributed by atoms with E-state index in [-0.39, 0.29) is 23.0 Å². The van der Waals surface area contributed by atoms with Crippen LogP contribution in [0.2, 0.25) is 0 Å². The van der Waals surface area contributed by atoms with Gasteiger partial charge in [-0.25, -0.2) is 23.4 Å². The molecule has 2 aromatic carbocycles. The highest BCUT2D eigenvalue weighted by Crippen LogP contribution is 2.38. The Labute approximate surface area is 183 Å². The Morgan fingerprint density at radius 3 is 2.81 bits per heavy atom. The molecule has 0 aliphatic carbocycles. The van der Waals surface area contributed by atoms with E-state index in [1.165, 1.54) is 39.6 Å². The predicted molar refractivity (Wildman–Crippen MR) is 116 cm³/mol. The SMILES string of the molecule is CN1C=C[S+](c2ccc3nc(C(O)(Cn4cncn4)c4ccc(F)cc4F)sc3c2)C1. The Morgan fingerprint density at radius 2 is 2.10 bits per heavy atom. The summed E-state index contributed by atoms with van der Waals surface area (Å²) >= 11 is 1.29. The predicted octanol–water partition coefficient (Wildman–Crippen LogP) is 3.45. The van der Waals surface area contributed by atoms with Gasteiger partial charge in [0.1, 0.15) is 34.7 Å². The van der Waals surface area contributed by atoms with Gasteiger partial charge in [0.05, 0.1) is 33.9 Å². The van der Waals surface area contributed by atoms with Gasteiger partial charge in [0.15, 0.2) is 16.4 Å². The molecule has 2 atom stereocenters. The van der Waals surface area contributed by atoms with Crippen molar-refractivity contribution in [1.82, 2.24) is 24.6 Å². The number of aromatic nitrogens is 4. The largest absolute Gasteiger partial charge is 0.376 e. The van der Waals surface area contributed by atoms with Crippen LogP contribution in [-0.4, -0.2) is 42.7 Å². The minimum atomic E-state index is -1.84. The normalized spacial score (nSPS) is 18.1. The lowest BCUT2D eigenvalue weighted by Crippen LogP contribution is -2.34. The lowest BCUT2D eigenvalue weighted by molar-refractivity contribution is 0.0534. The highest BCUT2D eigenvalue weighted by atomic mass is 32.2. The van der Waals surface area contributed by atoms with Gasteiger partial charge in [-0.3, -0.25) is 0 Å². The molecule has 1 aliphatic heterocycles. The monoisotopic (exact) mass is 458 g/mol. The first-order valence-electron chi connectivity index (χ1n) is 9.42. The van der Waals surface area contributed by atoms with E-state index in [1.807, 2.05) is 19.2 Å². The Bertz CT molecular complexity index is 1280. The summed E-state index contributed by atoms with van der Waals surface area (Å²) in [5.74, 6) is -0.633. The number of hydrogen-bond acceptors (Lipinski definition) is 6. The van der Waals surface area contributed by atoms with Crippen molar-refractivity contribution in [2.24, 2.45) is 0 Å². The van der Waals surface area contributed by atoms with Crippen LogP contribution < -0.4 is 0 Å². The van der Waals surface area contributed by atoms with E-state index >= 15 is 0 Å². The van der Waals surface area contributed by atoms with Gasteiger partial charge in [-0.2, -0.15) is 5.10 Å². The third-order valence-electron chi connectivity index (χ3n) is 5.07. The van der Waals surface area contributed by atoms with Gasteiger partial charge in [0.25, 0.3) is 0 Å². The number of halogens is 2. The van der Waals surface area contributed by atoms with Crippen LogP contribution in [0.5, 0.6) is 0 Å². The molecule has 2 unspecified atom stereocenters. The van der Waals surface area contributed by atoms with Crippen LogP contribution in [0.4, 0.5) is 8.78 Å². The molecular formula is C21H18F2N5OS2+. The molecule has 0 radical (unpaired) electrons. The maximum Gasteiger partial charge on any atom is 0.190 e. The summed E-state index contributed by atoms with van der Waals surface area (Å²) in [6, 6.07) is 9.16. The minimum absolute atomic E-state index is 0.0194. The second kappa shape index (κ2) is 7.70. The van der Waals surface area contributed by atoms with E-state index in [4.69, 9.17) is 0 Å². The molecule has 2 aromatic heterocycles. The third kappa shape index (κ3) is 3.71. The molecule has 1 aliphatic rings. The van der Waals surface area contributed by atoms with E-state index in [0.29, 0.717) is 10.5 Å². The Morgan fingerprint density at radius 1 is 1.23 bits per heavy atom. The van der Waals surface area contributed by atoms with Gasteiger partial charge < -0.3 is 10.0 Å². The molecule has 5 rings (SSSR count). The van der Waals surface area contributed by atoms with Gasteiger partial charge in [-0.15, -0.1) is 11.3 Å². The smallest absolute Gasteiger partial charge is 0.190 e. The summed E-state index contributed by atoms with van der Waals surface area (Å²) < 4.78 is 30.6. The number of hydrogen-bond donors (Lipinski definition) is 1. The van der Waals surface area contributed by atoms with Crippen molar-refractivity contribution in [3.63, 3.8) is 0 Å². The van der Waals surface area contributed by atoms with Crippen LogP contribution in [0.25, 0.3) is 10.2 Å². The maximum atomic E-state index is 14.7. The molecule has 3 heterocycles. The Balaban J connectivity index is 1.61. The molecular weight excluding hydrogens is 440 g/mol. The zero-order chi connectivity index (χ0) is 21.6. The highest BCUT2D eigenvalue weighted by molar-refractivity contribution is 7.99. The zero-order valence-corrected chi connectivity index (χ0v) is 18.1. The molecule has 1 N–H and O–H groups in total. The molecule has 0 saturated carbocycles. The van der Waals surface area contributed by atoms with Crippen molar-refractivity contribution in [1.29, 1.82) is 0 Å². The first-order chi connectivity index (χ1) is 14.9. The second-order valence-electron chi connectivity index (χ2n) is 7.33. The molecule has 0 fully saturated rings. The molecule has 6 nitrogen and oxygen atoms in total. The number of rotatable bonds is 5. The number of nitrogens with zero attached hydrogens (tertiary/aromatic N) is 5. The first kappa shape index (κ1) is 20.1. The summed E-state index contributed by atoms with van der Waals surface area (Å²) in [5, 5.41) is 18.2. The number of fused-ring (bicyclic) bond motifs is 1. The summed E-state index contributed by atoms with van der Waals surface area (Å²) in [7, 11) is 2.02. The van der Waals surface area contributed by atoms with E-state index in [2.05, 4.69) is 37.6 Å². The van der Waals surface area contributed by atoms with Crippen molar-refractivity contribution in [2.75, 3.05) is 12.9 Å². The van der Waals surface area contributed by atoms with Crippen molar-refractivity contribution in [3.8, 4) is 0 Å². The van der Waals surface area contributed by atoms with Crippen LogP contribution in [0.3, 0.4) is 0 Å². The van der Waals surface area contributed by atoms with Crippen LogP contribution in [0.1, 0.15) is 10.6 Å². The van der Waals surface area contributed by atoms with Gasteiger partial charge in [-0.1, -0.05) is 0 Å². The molecule has 31 heavy (non-hydrogen) atoms. The fourth-order valence-corrected chi connectivity index (χ4v) is 6.48. The highest BCUT2D eigenvalue weighted by Gasteiger charge is 2.39. The van der Waals surface area contributed by atoms with Crippen LogP contribution in [0.15, 0.2) is 65.6 Å². The average molecular weight is 459 g/mol. The van der Waals surface area contributed by atoms with Gasteiger partial charge in [-0.05, 0) is 24.3 Å². The van der Waals surface area contributed by atoms with Gasteiger partial charge in [0.2, 0.25) is 0 Å². The Hall–Kier alpha value is -2.82. The summed E-state index contributed by atoms with van der Waals surface area (Å²) in [4.78, 5) is 11.8. The topological polar surface area (TPSA) is 67.1 Å². The average Bonchev–Trinajstić information content (AvgIpc) is 3.47. The van der Waals surface area contributed by atoms with E-state index in [9.17, 15) is 13.9 Å². The third-order valence-corrected chi connectivity index (χ3v) is 8.24. The van der Waals surface area contributed by atoms with Crippen LogP contribution >= 0.6 is 11.3 Å². The second-order valence-corrected chi connectivity index (χ2v) is 10.2. The van der Waals surface area contributed by atoms with E-state index in [1.54, 1.807) is 0 Å². The van der Waals surface area contributed by atoms with Crippen molar-refractivity contribution >= 4 is 32.4 Å². The number of thiazole rings is 1. The van der Waals surface area contributed by atoms with Crippen molar-refractivity contribution in [2.45, 2.75) is 17.0 Å². The molecule has 4 aromatic rings. The first-order valence-corrected chi connectivity index (χ1v) is 11.7. The van der Waals surface area contributed by atoms with Gasteiger partial charge in [0, 0.05) is 24.7 Å². The van der Waals surface area contributed by atoms with Gasteiger partial charge >= 0.3 is 0 Å². The summed E-state index contributed by atoms with van der Waals surface area (Å²) in [6.07, 6.45) is 4.83. The fraction of sp³-hybridized carbons (Fsp3) is 0.190. The molecule has 158 valence electrons. The lowest BCUT2D eigenvalue weighted by atomic mass is 9.93. The maximum absolute atomic E-state index is 14.7. The molecule has 0 bridgehead atoms. The molecule has 0 amide bonds. The van der Waals surface area contributed by atoms with E-state index in [0.717, 1.165) is 22.7 Å². The van der Waals surface area contributed by atoms with E-state index < -0.39 is 17.2 Å². The zero-order valence-electron chi connectivity index (χ0n) is 16.4. The van der Waals surface area contributed by atoms with Crippen molar-refractivity contribution in [3.05, 3.63) is 82.9 Å². The minimum Gasteiger partial charge on any atom is -0.376 e.